The highest BCUT2D eigenvalue weighted by Gasteiger charge is 2.11. The summed E-state index contributed by atoms with van der Waals surface area (Å²) in [6.07, 6.45) is 1.40. The molecule has 5 heteroatoms. The van der Waals surface area contributed by atoms with Gasteiger partial charge in [0.25, 0.3) is 5.91 Å². The van der Waals surface area contributed by atoms with Gasteiger partial charge in [0, 0.05) is 17.0 Å². The third-order valence-electron chi connectivity index (χ3n) is 3.12. The molecule has 0 aliphatic heterocycles. The van der Waals surface area contributed by atoms with Crippen molar-refractivity contribution in [3.8, 4) is 0 Å². The predicted molar refractivity (Wildman–Crippen MR) is 82.2 cm³/mol. The van der Waals surface area contributed by atoms with Crippen molar-refractivity contribution in [2.24, 2.45) is 0 Å². The predicted octanol–water partition coefficient (Wildman–Crippen LogP) is 3.21. The molecule has 0 saturated heterocycles. The summed E-state index contributed by atoms with van der Waals surface area (Å²) in [4.78, 5) is 20.5. The average molecular weight is 298 g/mol. The molecule has 2 aromatic carbocycles. The van der Waals surface area contributed by atoms with Gasteiger partial charge in [-0.1, -0.05) is 41.9 Å². The first kappa shape index (κ1) is 13.5. The number of hydrogen-bond acceptors (Lipinski definition) is 3. The molecule has 0 fully saturated rings. The number of benzene rings is 2. The minimum absolute atomic E-state index is 0.219. The lowest BCUT2D eigenvalue weighted by Gasteiger charge is -2.07. The Balaban J connectivity index is 1.79. The first-order valence-corrected chi connectivity index (χ1v) is 6.84. The van der Waals surface area contributed by atoms with E-state index in [-0.39, 0.29) is 5.91 Å². The number of carbonyl (C=O) groups is 1. The van der Waals surface area contributed by atoms with E-state index in [0.717, 1.165) is 16.5 Å². The van der Waals surface area contributed by atoms with Crippen LogP contribution in [0, 0.1) is 0 Å². The molecule has 3 aromatic rings. The number of halogens is 1. The highest BCUT2D eigenvalue weighted by atomic mass is 35.5. The molecule has 0 spiro atoms. The van der Waals surface area contributed by atoms with Gasteiger partial charge in [-0.15, -0.1) is 0 Å². The molecule has 104 valence electrons. The van der Waals surface area contributed by atoms with Gasteiger partial charge >= 0.3 is 0 Å². The molecule has 0 saturated carbocycles. The Morgan fingerprint density at radius 1 is 1.05 bits per heavy atom. The van der Waals surface area contributed by atoms with Gasteiger partial charge in [0.2, 0.25) is 0 Å². The summed E-state index contributed by atoms with van der Waals surface area (Å²) in [5.41, 5.74) is 2.12. The molecule has 3 rings (SSSR count). The summed E-state index contributed by atoms with van der Waals surface area (Å²) in [5.74, 6) is -0.219. The number of carbonyl (C=O) groups excluding carboxylic acids is 1. The maximum Gasteiger partial charge on any atom is 0.270 e. The second kappa shape index (κ2) is 5.89. The Morgan fingerprint density at radius 3 is 2.62 bits per heavy atom. The fourth-order valence-corrected chi connectivity index (χ4v) is 2.18. The number of nitrogens with zero attached hydrogens (tertiary/aromatic N) is 2. The van der Waals surface area contributed by atoms with Crippen molar-refractivity contribution < 1.29 is 4.79 Å². The number of amides is 1. The van der Waals surface area contributed by atoms with Gasteiger partial charge in [0.15, 0.2) is 0 Å². The third kappa shape index (κ3) is 3.01. The molecule has 21 heavy (non-hydrogen) atoms. The highest BCUT2D eigenvalue weighted by molar-refractivity contribution is 6.30. The van der Waals surface area contributed by atoms with E-state index in [9.17, 15) is 4.79 Å². The lowest BCUT2D eigenvalue weighted by Crippen LogP contribution is -2.24. The lowest BCUT2D eigenvalue weighted by molar-refractivity contribution is 0.0947. The van der Waals surface area contributed by atoms with Gasteiger partial charge in [-0.25, -0.2) is 9.97 Å². The van der Waals surface area contributed by atoms with Gasteiger partial charge in [0.05, 0.1) is 5.52 Å². The summed E-state index contributed by atoms with van der Waals surface area (Å²) in [6, 6.07) is 14.8. The topological polar surface area (TPSA) is 54.9 Å². The minimum Gasteiger partial charge on any atom is -0.347 e. The van der Waals surface area contributed by atoms with E-state index in [2.05, 4.69) is 15.3 Å². The number of nitrogens with one attached hydrogen (secondary N) is 1. The zero-order valence-electron chi connectivity index (χ0n) is 11.1. The SMILES string of the molecule is O=C(NCc1ccc(Cl)cc1)c1ncnc2ccccc12. The molecule has 0 aliphatic carbocycles. The van der Waals surface area contributed by atoms with Gasteiger partial charge in [0.1, 0.15) is 12.0 Å². The zero-order valence-corrected chi connectivity index (χ0v) is 11.8. The Bertz CT molecular complexity index is 782. The van der Waals surface area contributed by atoms with Gasteiger partial charge in [-0.3, -0.25) is 4.79 Å². The molecule has 1 amide bonds. The highest BCUT2D eigenvalue weighted by Crippen LogP contribution is 2.14. The first-order chi connectivity index (χ1) is 10.2. The van der Waals surface area contributed by atoms with Crippen LogP contribution in [0.5, 0.6) is 0 Å². The van der Waals surface area contributed by atoms with Crippen LogP contribution in [-0.4, -0.2) is 15.9 Å². The van der Waals surface area contributed by atoms with Crippen LogP contribution in [0.1, 0.15) is 16.1 Å². The molecule has 0 atom stereocenters. The van der Waals surface area contributed by atoms with Crippen molar-refractivity contribution in [2.45, 2.75) is 6.54 Å². The Morgan fingerprint density at radius 2 is 1.81 bits per heavy atom. The number of rotatable bonds is 3. The van der Waals surface area contributed by atoms with Crippen molar-refractivity contribution in [1.82, 2.24) is 15.3 Å². The number of para-hydroxylation sites is 1. The molecule has 0 aliphatic rings. The molecule has 0 unspecified atom stereocenters. The van der Waals surface area contributed by atoms with E-state index in [1.807, 2.05) is 36.4 Å². The van der Waals surface area contributed by atoms with Crippen molar-refractivity contribution in [3.63, 3.8) is 0 Å². The lowest BCUT2D eigenvalue weighted by atomic mass is 10.1. The van der Waals surface area contributed by atoms with E-state index < -0.39 is 0 Å². The molecular weight excluding hydrogens is 286 g/mol. The van der Waals surface area contributed by atoms with Crippen LogP contribution >= 0.6 is 11.6 Å². The maximum atomic E-state index is 12.3. The number of fused-ring (bicyclic) bond motifs is 1. The van der Waals surface area contributed by atoms with Crippen LogP contribution in [0.25, 0.3) is 10.9 Å². The molecule has 4 nitrogen and oxygen atoms in total. The smallest absolute Gasteiger partial charge is 0.270 e. The first-order valence-electron chi connectivity index (χ1n) is 6.46. The Kier molecular flexibility index (Phi) is 3.79. The van der Waals surface area contributed by atoms with Crippen LogP contribution in [0.15, 0.2) is 54.9 Å². The Labute approximate surface area is 126 Å². The maximum absolute atomic E-state index is 12.3. The van der Waals surface area contributed by atoms with Gasteiger partial charge in [-0.2, -0.15) is 0 Å². The van der Waals surface area contributed by atoms with Gasteiger partial charge in [-0.05, 0) is 23.8 Å². The van der Waals surface area contributed by atoms with Crippen molar-refractivity contribution >= 4 is 28.4 Å². The normalized spacial score (nSPS) is 10.5. The fourth-order valence-electron chi connectivity index (χ4n) is 2.05. The summed E-state index contributed by atoms with van der Waals surface area (Å²) in [5, 5.41) is 4.27. The summed E-state index contributed by atoms with van der Waals surface area (Å²) < 4.78 is 0. The monoisotopic (exact) mass is 297 g/mol. The van der Waals surface area contributed by atoms with Crippen LogP contribution in [0.2, 0.25) is 5.02 Å². The molecular formula is C16H12ClN3O. The minimum atomic E-state index is -0.219. The van der Waals surface area contributed by atoms with Crippen LogP contribution < -0.4 is 5.32 Å². The fraction of sp³-hybridized carbons (Fsp3) is 0.0625. The molecule has 0 radical (unpaired) electrons. The summed E-state index contributed by atoms with van der Waals surface area (Å²) in [7, 11) is 0. The summed E-state index contributed by atoms with van der Waals surface area (Å²) in [6.45, 7) is 0.425. The zero-order chi connectivity index (χ0) is 14.7. The van der Waals surface area contributed by atoms with Crippen LogP contribution in [0.4, 0.5) is 0 Å². The van der Waals surface area contributed by atoms with E-state index in [1.165, 1.54) is 6.33 Å². The summed E-state index contributed by atoms with van der Waals surface area (Å²) >= 11 is 5.83. The Hall–Kier alpha value is -2.46. The second-order valence-electron chi connectivity index (χ2n) is 4.55. The van der Waals surface area contributed by atoms with Gasteiger partial charge < -0.3 is 5.32 Å². The number of aromatic nitrogens is 2. The molecule has 1 aromatic heterocycles. The molecule has 1 heterocycles. The van der Waals surface area contributed by atoms with Crippen molar-refractivity contribution in [2.75, 3.05) is 0 Å². The van der Waals surface area contributed by atoms with Crippen LogP contribution in [0.3, 0.4) is 0 Å². The quantitative estimate of drug-likeness (QED) is 0.807. The van der Waals surface area contributed by atoms with E-state index in [4.69, 9.17) is 11.6 Å². The largest absolute Gasteiger partial charge is 0.347 e. The average Bonchev–Trinajstić information content (AvgIpc) is 2.53. The standard InChI is InChI=1S/C16H12ClN3O/c17-12-7-5-11(6-8-12)9-18-16(21)15-13-3-1-2-4-14(13)19-10-20-15/h1-8,10H,9H2,(H,18,21). The van der Waals surface area contributed by atoms with Crippen LogP contribution in [-0.2, 0) is 6.54 Å². The second-order valence-corrected chi connectivity index (χ2v) is 4.99. The number of hydrogen-bond donors (Lipinski definition) is 1. The molecule has 1 N–H and O–H groups in total. The van der Waals surface area contributed by atoms with Crippen molar-refractivity contribution in [3.05, 3.63) is 71.1 Å². The van der Waals surface area contributed by atoms with Crippen molar-refractivity contribution in [1.29, 1.82) is 0 Å². The molecule has 0 bridgehead atoms. The third-order valence-corrected chi connectivity index (χ3v) is 3.38. The van der Waals surface area contributed by atoms with E-state index in [1.54, 1.807) is 12.1 Å². The van der Waals surface area contributed by atoms with E-state index in [0.29, 0.717) is 17.3 Å². The van der Waals surface area contributed by atoms with E-state index >= 15 is 0 Å².